The van der Waals surface area contributed by atoms with Gasteiger partial charge in [-0.05, 0) is 72.6 Å². The Morgan fingerprint density at radius 3 is 1.20 bits per heavy atom. The van der Waals surface area contributed by atoms with Gasteiger partial charge in [0.05, 0.1) is 22.1 Å². The van der Waals surface area contributed by atoms with E-state index in [0.29, 0.717) is 0 Å². The highest BCUT2D eigenvalue weighted by Gasteiger charge is 2.55. The molecule has 4 aromatic rings. The van der Waals surface area contributed by atoms with E-state index >= 15 is 0 Å². The maximum atomic E-state index is 6.40. The van der Waals surface area contributed by atoms with Crippen LogP contribution in [0.15, 0.2) is 144 Å². The first-order valence-corrected chi connectivity index (χ1v) is 12.8. The molecule has 0 radical (unpaired) electrons. The second kappa shape index (κ2) is 9.19. The minimum atomic E-state index is -0.645. The number of allylic oxidation sites excluding steroid dienone is 12. The molecule has 0 aliphatic heterocycles. The quantitative estimate of drug-likeness (QED) is 0.210. The van der Waals surface area contributed by atoms with Gasteiger partial charge in [-0.1, -0.05) is 24.3 Å². The average molecular weight is 648 g/mol. The summed E-state index contributed by atoms with van der Waals surface area (Å²) in [7, 11) is 0. The summed E-state index contributed by atoms with van der Waals surface area (Å²) in [6.45, 7) is 0. The van der Waals surface area contributed by atoms with E-state index in [-0.39, 0.29) is 34.0 Å². The molecule has 2 aromatic carbocycles. The average Bonchev–Trinajstić information content (AvgIpc) is 3.70. The highest BCUT2D eigenvalue weighted by atomic mass is 79.9. The normalized spacial score (nSPS) is 17.9. The minimum Gasteiger partial charge on any atom is -1.00 e. The Kier molecular flexibility index (Phi) is 5.99. The number of anilines is 2. The molecule has 6 heteroatoms. The van der Waals surface area contributed by atoms with Gasteiger partial charge < -0.3 is 45.4 Å². The summed E-state index contributed by atoms with van der Waals surface area (Å²) in [5.74, 6) is 7.69. The van der Waals surface area contributed by atoms with Crippen LogP contribution in [0.4, 0.5) is 11.4 Å². The van der Waals surface area contributed by atoms with Crippen molar-refractivity contribution in [1.82, 2.24) is 0 Å². The van der Waals surface area contributed by atoms with Gasteiger partial charge in [0.25, 0.3) is 11.1 Å². The molecule has 0 fully saturated rings. The molecule has 8 rings (SSSR count). The summed E-state index contributed by atoms with van der Waals surface area (Å²) in [6, 6.07) is 20.5. The lowest BCUT2D eigenvalue weighted by atomic mass is 9.85. The second-order valence-corrected chi connectivity index (χ2v) is 10.1. The number of hydrogen-bond acceptors (Lipinski definition) is 2. The van der Waals surface area contributed by atoms with Crippen molar-refractivity contribution >= 4 is 33.2 Å². The van der Waals surface area contributed by atoms with E-state index in [1.165, 1.54) is 0 Å². The molecule has 0 saturated carbocycles. The minimum absolute atomic E-state index is 0. The van der Waals surface area contributed by atoms with E-state index in [0.717, 1.165) is 55.5 Å². The molecule has 4 nitrogen and oxygen atoms in total. The van der Waals surface area contributed by atoms with Crippen molar-refractivity contribution in [1.29, 1.82) is 0 Å². The highest BCUT2D eigenvalue weighted by molar-refractivity contribution is 5.89. The number of nitrogens with zero attached hydrogens (tertiary/aromatic N) is 2. The number of para-hydroxylation sites is 2. The van der Waals surface area contributed by atoms with Gasteiger partial charge in [-0.3, -0.25) is 0 Å². The number of benzene rings is 2. The molecule has 2 aromatic heterocycles. The molecule has 194 valence electrons. The number of nitrogen functional groups attached to an aromatic ring is 2. The fourth-order valence-corrected chi connectivity index (χ4v) is 6.48. The Labute approximate surface area is 253 Å². The number of pyridine rings is 2. The number of rotatable bonds is 2. The molecular formula is C34H24Br2N4. The predicted molar refractivity (Wildman–Crippen MR) is 151 cm³/mol. The smallest absolute Gasteiger partial charge is 0.280 e. The monoisotopic (exact) mass is 646 g/mol. The molecule has 40 heavy (non-hydrogen) atoms. The first kappa shape index (κ1) is 26.1. The fraction of sp³-hybridized carbons (Fsp3) is 0.0588. The van der Waals surface area contributed by atoms with Crippen LogP contribution >= 0.6 is 0 Å². The summed E-state index contributed by atoms with van der Waals surface area (Å²) >= 11 is 0. The SMILES string of the molecule is Nc1cc[n+](C2(C#CC3([n+]4ccc(N)c5ccccc54)C4=CC=C3C=C4)C3=CC=C2C=C3)c2ccccc12.[Br-].[Br-]. The molecule has 4 aliphatic carbocycles. The Hall–Kier alpha value is -4.18. The van der Waals surface area contributed by atoms with E-state index in [4.69, 9.17) is 11.5 Å². The Morgan fingerprint density at radius 2 is 0.850 bits per heavy atom. The summed E-state index contributed by atoms with van der Waals surface area (Å²) < 4.78 is 4.56. The summed E-state index contributed by atoms with van der Waals surface area (Å²) in [6.07, 6.45) is 21.6. The van der Waals surface area contributed by atoms with Crippen molar-refractivity contribution in [3.8, 4) is 11.8 Å². The van der Waals surface area contributed by atoms with E-state index in [1.54, 1.807) is 0 Å². The lowest BCUT2D eigenvalue weighted by molar-refractivity contribution is -0.708. The van der Waals surface area contributed by atoms with Crippen molar-refractivity contribution in [2.24, 2.45) is 0 Å². The van der Waals surface area contributed by atoms with Crippen LogP contribution in [0, 0.1) is 11.8 Å². The van der Waals surface area contributed by atoms with E-state index in [1.807, 2.05) is 24.3 Å². The first-order chi connectivity index (χ1) is 18.6. The highest BCUT2D eigenvalue weighted by Crippen LogP contribution is 2.45. The van der Waals surface area contributed by atoms with Gasteiger partial charge in [-0.2, -0.15) is 9.13 Å². The summed E-state index contributed by atoms with van der Waals surface area (Å²) in [5.41, 5.74) is 19.8. The molecule has 0 saturated heterocycles. The van der Waals surface area contributed by atoms with Crippen LogP contribution in [-0.4, -0.2) is 0 Å². The molecule has 4 bridgehead atoms. The summed E-state index contributed by atoms with van der Waals surface area (Å²) in [5, 5.41) is 2.04. The second-order valence-electron chi connectivity index (χ2n) is 10.1. The van der Waals surface area contributed by atoms with Gasteiger partial charge in [-0.25, -0.2) is 0 Å². The third kappa shape index (κ3) is 3.19. The van der Waals surface area contributed by atoms with Crippen LogP contribution in [0.3, 0.4) is 0 Å². The molecular weight excluding hydrogens is 624 g/mol. The molecule has 4 aliphatic rings. The van der Waals surface area contributed by atoms with Crippen LogP contribution < -0.4 is 54.6 Å². The fourth-order valence-electron chi connectivity index (χ4n) is 6.48. The van der Waals surface area contributed by atoms with Crippen molar-refractivity contribution in [2.45, 2.75) is 11.1 Å². The lowest BCUT2D eigenvalue weighted by Gasteiger charge is -2.23. The third-order valence-electron chi connectivity index (χ3n) is 8.34. The molecule has 0 unspecified atom stereocenters. The Morgan fingerprint density at radius 1 is 0.500 bits per heavy atom. The van der Waals surface area contributed by atoms with Crippen LogP contribution in [0.2, 0.25) is 0 Å². The van der Waals surface area contributed by atoms with Gasteiger partial charge in [-0.15, -0.1) is 0 Å². The zero-order chi connectivity index (χ0) is 25.5. The number of nitrogens with two attached hydrogens (primary N) is 2. The van der Waals surface area contributed by atoms with Crippen molar-refractivity contribution in [3.63, 3.8) is 0 Å². The van der Waals surface area contributed by atoms with Crippen molar-refractivity contribution in [3.05, 3.63) is 144 Å². The van der Waals surface area contributed by atoms with Crippen LogP contribution in [-0.2, 0) is 11.1 Å². The number of hydrogen-bond donors (Lipinski definition) is 2. The van der Waals surface area contributed by atoms with Gasteiger partial charge in [0, 0.05) is 46.6 Å². The molecule has 0 amide bonds. The number of halogens is 2. The largest absolute Gasteiger partial charge is 1.00 e. The number of fused-ring (bicyclic) bond motifs is 6. The zero-order valence-corrected chi connectivity index (χ0v) is 24.5. The molecule has 0 spiro atoms. The van der Waals surface area contributed by atoms with E-state index in [9.17, 15) is 0 Å². The summed E-state index contributed by atoms with van der Waals surface area (Å²) in [4.78, 5) is 0. The Balaban J connectivity index is 0.00000145. The maximum absolute atomic E-state index is 6.40. The van der Waals surface area contributed by atoms with Gasteiger partial charge >= 0.3 is 0 Å². The zero-order valence-electron chi connectivity index (χ0n) is 21.4. The van der Waals surface area contributed by atoms with Gasteiger partial charge in [0.15, 0.2) is 12.4 Å². The third-order valence-corrected chi connectivity index (χ3v) is 8.34. The molecule has 2 heterocycles. The van der Waals surface area contributed by atoms with Gasteiger partial charge in [0.2, 0.25) is 11.0 Å². The van der Waals surface area contributed by atoms with Crippen molar-refractivity contribution < 1.29 is 43.1 Å². The maximum Gasteiger partial charge on any atom is 0.280 e. The molecule has 4 N–H and O–H groups in total. The van der Waals surface area contributed by atoms with Crippen LogP contribution in [0.1, 0.15) is 0 Å². The topological polar surface area (TPSA) is 59.8 Å². The van der Waals surface area contributed by atoms with E-state index in [2.05, 4.69) is 118 Å². The molecule has 0 atom stereocenters. The van der Waals surface area contributed by atoms with Crippen LogP contribution in [0.25, 0.3) is 21.8 Å². The number of aromatic nitrogens is 2. The standard InChI is InChI=1S/C34H22N4.2BrH/c35-29-17-21-37(31-7-3-1-5-27(29)31)33(23-9-10-24(33)12-11-23)19-20-34(25-13-14-26(34)16-15-25)38-22-18-30(36)28-6-2-4-8-32(28)38;;/h1-18,21-22,35-36H;2*1H. The lowest BCUT2D eigenvalue weighted by Crippen LogP contribution is -3.00. The Bertz CT molecular complexity index is 1830. The van der Waals surface area contributed by atoms with Gasteiger partial charge in [0.1, 0.15) is 0 Å². The first-order valence-electron chi connectivity index (χ1n) is 12.8. The predicted octanol–water partition coefficient (Wildman–Crippen LogP) is -1.29. The van der Waals surface area contributed by atoms with Crippen molar-refractivity contribution in [2.75, 3.05) is 11.5 Å². The van der Waals surface area contributed by atoms with Crippen LogP contribution in [0.5, 0.6) is 0 Å². The van der Waals surface area contributed by atoms with E-state index < -0.39 is 11.1 Å².